The maximum absolute atomic E-state index is 13.1. The molecule has 1 unspecified atom stereocenters. The van der Waals surface area contributed by atoms with Crippen molar-refractivity contribution in [2.45, 2.75) is 17.1 Å². The van der Waals surface area contributed by atoms with Gasteiger partial charge >= 0.3 is 0 Å². The number of carbonyl (C=O) groups excluding carboxylic acids is 1. The molecule has 1 heterocycles. The Morgan fingerprint density at radius 3 is 2.44 bits per heavy atom. The number of hydrogen-bond acceptors (Lipinski definition) is 4. The third-order valence-electron chi connectivity index (χ3n) is 4.10. The highest BCUT2D eigenvalue weighted by Gasteiger charge is 2.22. The first kappa shape index (κ1) is 17.4. The summed E-state index contributed by atoms with van der Waals surface area (Å²) < 4.78 is 5.50. The van der Waals surface area contributed by atoms with E-state index in [1.165, 1.54) is 11.8 Å². The zero-order valence-corrected chi connectivity index (χ0v) is 15.6. The van der Waals surface area contributed by atoms with E-state index in [-0.39, 0.29) is 11.2 Å². The van der Waals surface area contributed by atoms with Gasteiger partial charge in [-0.25, -0.2) is 4.98 Å². The van der Waals surface area contributed by atoms with Crippen LogP contribution in [0.3, 0.4) is 0 Å². The SMILES string of the molecule is Cc1nc2cc(NC(=O)C(Sc3ccccc3)c3ccccc3)ccc2o1. The fourth-order valence-corrected chi connectivity index (χ4v) is 3.91. The Hall–Kier alpha value is -3.05. The number of nitrogens with one attached hydrogen (secondary N) is 1. The molecule has 0 aliphatic heterocycles. The van der Waals surface area contributed by atoms with Gasteiger partial charge < -0.3 is 9.73 Å². The summed E-state index contributed by atoms with van der Waals surface area (Å²) in [6, 6.07) is 25.2. The molecule has 0 spiro atoms. The number of oxazole rings is 1. The molecule has 0 bridgehead atoms. The summed E-state index contributed by atoms with van der Waals surface area (Å²) in [4.78, 5) is 18.5. The first-order valence-electron chi connectivity index (χ1n) is 8.64. The molecule has 1 aromatic heterocycles. The van der Waals surface area contributed by atoms with Gasteiger partial charge in [-0.15, -0.1) is 11.8 Å². The van der Waals surface area contributed by atoms with E-state index in [1.54, 1.807) is 6.92 Å². The minimum Gasteiger partial charge on any atom is -0.441 e. The quantitative estimate of drug-likeness (QED) is 0.461. The van der Waals surface area contributed by atoms with Crippen molar-refractivity contribution in [3.63, 3.8) is 0 Å². The van der Waals surface area contributed by atoms with E-state index in [0.29, 0.717) is 17.2 Å². The maximum atomic E-state index is 13.1. The molecule has 0 saturated carbocycles. The molecule has 1 N–H and O–H groups in total. The molecule has 4 nitrogen and oxygen atoms in total. The van der Waals surface area contributed by atoms with Crippen molar-refractivity contribution >= 4 is 34.5 Å². The van der Waals surface area contributed by atoms with Gasteiger partial charge in [0, 0.05) is 17.5 Å². The van der Waals surface area contributed by atoms with Crippen molar-refractivity contribution in [1.29, 1.82) is 0 Å². The van der Waals surface area contributed by atoms with Crippen LogP contribution in [0.25, 0.3) is 11.1 Å². The highest BCUT2D eigenvalue weighted by molar-refractivity contribution is 8.00. The molecule has 27 heavy (non-hydrogen) atoms. The molecule has 0 aliphatic rings. The third-order valence-corrected chi connectivity index (χ3v) is 5.37. The van der Waals surface area contributed by atoms with Gasteiger partial charge in [-0.1, -0.05) is 48.5 Å². The molecule has 5 heteroatoms. The summed E-state index contributed by atoms with van der Waals surface area (Å²) in [5.41, 5.74) is 3.11. The summed E-state index contributed by atoms with van der Waals surface area (Å²) >= 11 is 1.53. The fourth-order valence-electron chi connectivity index (χ4n) is 2.86. The van der Waals surface area contributed by atoms with E-state index in [0.717, 1.165) is 16.0 Å². The van der Waals surface area contributed by atoms with Crippen LogP contribution in [-0.4, -0.2) is 10.9 Å². The molecule has 0 fully saturated rings. The third kappa shape index (κ3) is 4.04. The number of fused-ring (bicyclic) bond motifs is 1. The van der Waals surface area contributed by atoms with Crippen LogP contribution < -0.4 is 5.32 Å². The normalized spacial score (nSPS) is 12.0. The number of rotatable bonds is 5. The lowest BCUT2D eigenvalue weighted by molar-refractivity contribution is -0.115. The van der Waals surface area contributed by atoms with Crippen molar-refractivity contribution in [1.82, 2.24) is 4.98 Å². The second-order valence-corrected chi connectivity index (χ2v) is 7.30. The van der Waals surface area contributed by atoms with Gasteiger partial charge in [-0.05, 0) is 35.9 Å². The lowest BCUT2D eigenvalue weighted by Crippen LogP contribution is -2.19. The first-order chi connectivity index (χ1) is 13.2. The average molecular weight is 374 g/mol. The Balaban J connectivity index is 1.61. The lowest BCUT2D eigenvalue weighted by Gasteiger charge is -2.17. The van der Waals surface area contributed by atoms with E-state index in [4.69, 9.17) is 4.42 Å². The number of hydrogen-bond donors (Lipinski definition) is 1. The predicted octanol–water partition coefficient (Wildman–Crippen LogP) is 5.61. The highest BCUT2D eigenvalue weighted by atomic mass is 32.2. The summed E-state index contributed by atoms with van der Waals surface area (Å²) in [6.07, 6.45) is 0. The lowest BCUT2D eigenvalue weighted by atomic mass is 10.1. The number of thioether (sulfide) groups is 1. The molecule has 1 atom stereocenters. The second kappa shape index (κ2) is 7.68. The number of benzene rings is 3. The van der Waals surface area contributed by atoms with Gasteiger partial charge in [0.25, 0.3) is 0 Å². The summed E-state index contributed by atoms with van der Waals surface area (Å²) in [5.74, 6) is 0.532. The number of nitrogens with zero attached hydrogens (tertiary/aromatic N) is 1. The number of aromatic nitrogens is 1. The van der Waals surface area contributed by atoms with Gasteiger partial charge in [0.2, 0.25) is 5.91 Å². The second-order valence-electron chi connectivity index (χ2n) is 6.13. The molecule has 1 amide bonds. The monoisotopic (exact) mass is 374 g/mol. The Labute approximate surface area is 161 Å². The minimum atomic E-state index is -0.358. The van der Waals surface area contributed by atoms with Gasteiger partial charge in [0.1, 0.15) is 10.8 Å². The fraction of sp³-hybridized carbons (Fsp3) is 0.0909. The van der Waals surface area contributed by atoms with Crippen molar-refractivity contribution < 1.29 is 9.21 Å². The van der Waals surface area contributed by atoms with Crippen LogP contribution >= 0.6 is 11.8 Å². The zero-order valence-electron chi connectivity index (χ0n) is 14.8. The van der Waals surface area contributed by atoms with E-state index < -0.39 is 0 Å². The van der Waals surface area contributed by atoms with Gasteiger partial charge in [0.05, 0.1) is 0 Å². The van der Waals surface area contributed by atoms with Crippen LogP contribution in [0.4, 0.5) is 5.69 Å². The Bertz CT molecular complexity index is 1060. The van der Waals surface area contributed by atoms with Gasteiger partial charge in [-0.2, -0.15) is 0 Å². The number of aryl methyl sites for hydroxylation is 1. The van der Waals surface area contributed by atoms with E-state index in [9.17, 15) is 4.79 Å². The smallest absolute Gasteiger partial charge is 0.242 e. The molecule has 4 rings (SSSR count). The molecule has 0 radical (unpaired) electrons. The Kier molecular flexibility index (Phi) is 4.94. The molecule has 4 aromatic rings. The van der Waals surface area contributed by atoms with Crippen LogP contribution in [-0.2, 0) is 4.79 Å². The molecule has 134 valence electrons. The highest BCUT2D eigenvalue weighted by Crippen LogP contribution is 2.36. The van der Waals surface area contributed by atoms with Gasteiger partial charge in [-0.3, -0.25) is 4.79 Å². The largest absolute Gasteiger partial charge is 0.441 e. The van der Waals surface area contributed by atoms with E-state index in [2.05, 4.69) is 10.3 Å². The maximum Gasteiger partial charge on any atom is 0.242 e. The van der Waals surface area contributed by atoms with E-state index in [1.807, 2.05) is 78.9 Å². The first-order valence-corrected chi connectivity index (χ1v) is 9.52. The molecule has 3 aromatic carbocycles. The topological polar surface area (TPSA) is 55.1 Å². The van der Waals surface area contributed by atoms with Crippen molar-refractivity contribution in [2.24, 2.45) is 0 Å². The summed E-state index contributed by atoms with van der Waals surface area (Å²) in [6.45, 7) is 1.81. The predicted molar refractivity (Wildman–Crippen MR) is 109 cm³/mol. The number of amides is 1. The minimum absolute atomic E-state index is 0.0744. The number of anilines is 1. The molecule has 0 saturated heterocycles. The zero-order chi connectivity index (χ0) is 18.6. The van der Waals surface area contributed by atoms with Crippen LogP contribution in [0, 0.1) is 6.92 Å². The molecular weight excluding hydrogens is 356 g/mol. The summed E-state index contributed by atoms with van der Waals surface area (Å²) in [5, 5.41) is 2.66. The van der Waals surface area contributed by atoms with Crippen LogP contribution in [0.2, 0.25) is 0 Å². The van der Waals surface area contributed by atoms with Crippen LogP contribution in [0.15, 0.2) is 88.2 Å². The summed E-state index contributed by atoms with van der Waals surface area (Å²) in [7, 11) is 0. The molecular formula is C22H18N2O2S. The van der Waals surface area contributed by atoms with Crippen LogP contribution in [0.1, 0.15) is 16.7 Å². The van der Waals surface area contributed by atoms with E-state index >= 15 is 0 Å². The van der Waals surface area contributed by atoms with Crippen molar-refractivity contribution in [2.75, 3.05) is 5.32 Å². The van der Waals surface area contributed by atoms with Crippen molar-refractivity contribution in [3.8, 4) is 0 Å². The Morgan fingerprint density at radius 1 is 1.00 bits per heavy atom. The Morgan fingerprint density at radius 2 is 1.70 bits per heavy atom. The standard InChI is InChI=1S/C22H18N2O2S/c1-15-23-19-14-17(12-13-20(19)26-15)24-22(25)21(16-8-4-2-5-9-16)27-18-10-6-3-7-11-18/h2-14,21H,1H3,(H,24,25). The van der Waals surface area contributed by atoms with Crippen molar-refractivity contribution in [3.05, 3.63) is 90.3 Å². The number of carbonyl (C=O) groups is 1. The average Bonchev–Trinajstić information content (AvgIpc) is 3.07. The molecule has 0 aliphatic carbocycles. The van der Waals surface area contributed by atoms with Crippen LogP contribution in [0.5, 0.6) is 0 Å². The van der Waals surface area contributed by atoms with Gasteiger partial charge in [0.15, 0.2) is 11.5 Å².